The van der Waals surface area contributed by atoms with Gasteiger partial charge in [0.15, 0.2) is 23.0 Å². The van der Waals surface area contributed by atoms with Gasteiger partial charge >= 0.3 is 0 Å². The molecule has 0 spiro atoms. The molecular weight excluding hydrogens is 386 g/mol. The van der Waals surface area contributed by atoms with Crippen LogP contribution in [-0.2, 0) is 0 Å². The van der Waals surface area contributed by atoms with Crippen LogP contribution in [0.1, 0.15) is 25.6 Å². The predicted octanol–water partition coefficient (Wildman–Crippen LogP) is 3.91. The summed E-state index contributed by atoms with van der Waals surface area (Å²) in [5, 5.41) is 5.27. The standard InChI is InChI=1S/C22H29N3O5/c1-14(2)30-18-13-16(7-8-17(18)26-3)24-25-10-9-23-22(25)15-11-19(27-4)21(29-6)20(12-15)28-5/h7-14,22-24H,1-6H3. The molecule has 0 radical (unpaired) electrons. The predicted molar refractivity (Wildman–Crippen MR) is 115 cm³/mol. The fourth-order valence-corrected chi connectivity index (χ4v) is 3.24. The van der Waals surface area contributed by atoms with Crippen molar-refractivity contribution in [3.05, 3.63) is 48.3 Å². The molecule has 1 aliphatic rings. The molecule has 1 atom stereocenters. The van der Waals surface area contributed by atoms with Crippen LogP contribution in [0, 0.1) is 0 Å². The number of hydrogen-bond donors (Lipinski definition) is 2. The summed E-state index contributed by atoms with van der Waals surface area (Å²) in [5.74, 6) is 3.11. The third-order valence-corrected chi connectivity index (χ3v) is 4.55. The van der Waals surface area contributed by atoms with Gasteiger partial charge < -0.3 is 29.0 Å². The SMILES string of the molecule is COc1ccc(NN2C=CNC2c2cc(OC)c(OC)c(OC)c2)cc1OC(C)C. The summed E-state index contributed by atoms with van der Waals surface area (Å²) < 4.78 is 27.7. The zero-order valence-electron chi connectivity index (χ0n) is 18.2. The van der Waals surface area contributed by atoms with Crippen LogP contribution in [0.5, 0.6) is 28.7 Å². The Kier molecular flexibility index (Phi) is 6.66. The van der Waals surface area contributed by atoms with E-state index in [2.05, 4.69) is 10.7 Å². The van der Waals surface area contributed by atoms with E-state index in [1.807, 2.05) is 61.6 Å². The number of anilines is 1. The molecule has 8 heteroatoms. The molecule has 2 aromatic carbocycles. The second kappa shape index (κ2) is 9.39. The highest BCUT2D eigenvalue weighted by atomic mass is 16.5. The molecular formula is C22H29N3O5. The lowest BCUT2D eigenvalue weighted by Crippen LogP contribution is -2.31. The first-order chi connectivity index (χ1) is 14.5. The van der Waals surface area contributed by atoms with Crippen molar-refractivity contribution in [2.24, 2.45) is 0 Å². The second-order valence-electron chi connectivity index (χ2n) is 6.89. The summed E-state index contributed by atoms with van der Waals surface area (Å²) in [6.07, 6.45) is 3.64. The average molecular weight is 415 g/mol. The van der Waals surface area contributed by atoms with Crippen LogP contribution < -0.4 is 34.4 Å². The largest absolute Gasteiger partial charge is 0.493 e. The Bertz CT molecular complexity index is 875. The van der Waals surface area contributed by atoms with Gasteiger partial charge in [-0.1, -0.05) is 0 Å². The smallest absolute Gasteiger partial charge is 0.203 e. The number of nitrogens with one attached hydrogen (secondary N) is 2. The number of benzene rings is 2. The number of hydrazine groups is 1. The highest BCUT2D eigenvalue weighted by molar-refractivity contribution is 5.56. The fourth-order valence-electron chi connectivity index (χ4n) is 3.24. The van der Waals surface area contributed by atoms with E-state index < -0.39 is 0 Å². The summed E-state index contributed by atoms with van der Waals surface area (Å²) in [6.45, 7) is 3.96. The van der Waals surface area contributed by atoms with Gasteiger partial charge in [0, 0.05) is 24.0 Å². The summed E-state index contributed by atoms with van der Waals surface area (Å²) >= 11 is 0. The monoisotopic (exact) mass is 415 g/mol. The molecule has 0 aromatic heterocycles. The van der Waals surface area contributed by atoms with Crippen molar-refractivity contribution < 1.29 is 23.7 Å². The minimum absolute atomic E-state index is 0.0366. The van der Waals surface area contributed by atoms with Crippen LogP contribution in [0.25, 0.3) is 0 Å². The van der Waals surface area contributed by atoms with E-state index in [0.717, 1.165) is 11.3 Å². The third kappa shape index (κ3) is 4.42. The fraction of sp³-hybridized carbons (Fsp3) is 0.364. The molecule has 162 valence electrons. The van der Waals surface area contributed by atoms with Gasteiger partial charge in [-0.05, 0) is 38.1 Å². The van der Waals surface area contributed by atoms with Gasteiger partial charge in [-0.25, -0.2) is 0 Å². The van der Waals surface area contributed by atoms with Crippen molar-refractivity contribution in [3.63, 3.8) is 0 Å². The zero-order chi connectivity index (χ0) is 21.7. The van der Waals surface area contributed by atoms with Crippen LogP contribution in [0.3, 0.4) is 0 Å². The van der Waals surface area contributed by atoms with Gasteiger partial charge in [-0.2, -0.15) is 0 Å². The Balaban J connectivity index is 1.87. The summed E-state index contributed by atoms with van der Waals surface area (Å²) in [6, 6.07) is 9.56. The Morgan fingerprint density at radius 1 is 0.867 bits per heavy atom. The van der Waals surface area contributed by atoms with Crippen molar-refractivity contribution in [1.29, 1.82) is 0 Å². The summed E-state index contributed by atoms with van der Waals surface area (Å²) in [5.41, 5.74) is 5.19. The third-order valence-electron chi connectivity index (χ3n) is 4.55. The lowest BCUT2D eigenvalue weighted by Gasteiger charge is -2.28. The molecule has 1 heterocycles. The summed E-state index contributed by atoms with van der Waals surface area (Å²) in [4.78, 5) is 0. The molecule has 0 bridgehead atoms. The van der Waals surface area contributed by atoms with Crippen LogP contribution in [-0.4, -0.2) is 39.6 Å². The van der Waals surface area contributed by atoms with Gasteiger partial charge in [0.05, 0.1) is 40.2 Å². The van der Waals surface area contributed by atoms with Crippen LogP contribution in [0.2, 0.25) is 0 Å². The molecule has 2 aromatic rings. The van der Waals surface area contributed by atoms with Crippen molar-refractivity contribution in [3.8, 4) is 28.7 Å². The van der Waals surface area contributed by atoms with Crippen molar-refractivity contribution in [2.45, 2.75) is 26.1 Å². The second-order valence-corrected chi connectivity index (χ2v) is 6.89. The lowest BCUT2D eigenvalue weighted by atomic mass is 10.1. The maximum Gasteiger partial charge on any atom is 0.203 e. The van der Waals surface area contributed by atoms with Gasteiger partial charge in [-0.15, -0.1) is 0 Å². The van der Waals surface area contributed by atoms with E-state index in [1.54, 1.807) is 28.4 Å². The van der Waals surface area contributed by atoms with Gasteiger partial charge in [0.25, 0.3) is 0 Å². The molecule has 0 fully saturated rings. The van der Waals surface area contributed by atoms with E-state index >= 15 is 0 Å². The Labute approximate surface area is 177 Å². The number of nitrogens with zero attached hydrogens (tertiary/aromatic N) is 1. The highest BCUT2D eigenvalue weighted by Crippen LogP contribution is 2.41. The summed E-state index contributed by atoms with van der Waals surface area (Å²) in [7, 11) is 6.42. The number of ether oxygens (including phenoxy) is 5. The molecule has 1 aliphatic heterocycles. The van der Waals surface area contributed by atoms with Gasteiger partial charge in [-0.3, -0.25) is 10.4 Å². The van der Waals surface area contributed by atoms with Crippen molar-refractivity contribution >= 4 is 5.69 Å². The van der Waals surface area contributed by atoms with Crippen LogP contribution >= 0.6 is 0 Å². The minimum Gasteiger partial charge on any atom is -0.493 e. The van der Waals surface area contributed by atoms with Gasteiger partial charge in [0.2, 0.25) is 5.75 Å². The lowest BCUT2D eigenvalue weighted by molar-refractivity contribution is 0.230. The first kappa shape index (κ1) is 21.3. The maximum absolute atomic E-state index is 5.87. The van der Waals surface area contributed by atoms with Gasteiger partial charge in [0.1, 0.15) is 6.17 Å². The topological polar surface area (TPSA) is 73.5 Å². The Morgan fingerprint density at radius 3 is 2.10 bits per heavy atom. The minimum atomic E-state index is -0.185. The van der Waals surface area contributed by atoms with E-state index in [-0.39, 0.29) is 12.3 Å². The molecule has 0 saturated heterocycles. The van der Waals surface area contributed by atoms with E-state index in [0.29, 0.717) is 28.7 Å². The quantitative estimate of drug-likeness (QED) is 0.639. The Hall–Kier alpha value is -3.42. The molecule has 2 N–H and O–H groups in total. The highest BCUT2D eigenvalue weighted by Gasteiger charge is 2.25. The Morgan fingerprint density at radius 2 is 1.53 bits per heavy atom. The number of hydrogen-bond acceptors (Lipinski definition) is 8. The van der Waals surface area contributed by atoms with Crippen LogP contribution in [0.15, 0.2) is 42.7 Å². The van der Waals surface area contributed by atoms with E-state index in [1.165, 1.54) is 0 Å². The molecule has 3 rings (SSSR count). The maximum atomic E-state index is 5.87. The normalized spacial score (nSPS) is 15.0. The number of rotatable bonds is 9. The first-order valence-electron chi connectivity index (χ1n) is 9.63. The molecule has 1 unspecified atom stereocenters. The molecule has 0 amide bonds. The molecule has 8 nitrogen and oxygen atoms in total. The zero-order valence-corrected chi connectivity index (χ0v) is 18.2. The van der Waals surface area contributed by atoms with E-state index in [9.17, 15) is 0 Å². The van der Waals surface area contributed by atoms with Crippen LogP contribution in [0.4, 0.5) is 5.69 Å². The average Bonchev–Trinajstić information content (AvgIpc) is 3.20. The van der Waals surface area contributed by atoms with Crippen molar-refractivity contribution in [2.75, 3.05) is 33.9 Å². The molecule has 0 aliphatic carbocycles. The molecule has 0 saturated carbocycles. The molecule has 30 heavy (non-hydrogen) atoms. The van der Waals surface area contributed by atoms with E-state index in [4.69, 9.17) is 23.7 Å². The number of methoxy groups -OCH3 is 4. The van der Waals surface area contributed by atoms with Crippen molar-refractivity contribution in [1.82, 2.24) is 10.3 Å². The first-order valence-corrected chi connectivity index (χ1v) is 9.63.